The van der Waals surface area contributed by atoms with Crippen molar-refractivity contribution in [2.45, 2.75) is 110 Å². The molecule has 1 aliphatic heterocycles. The average Bonchev–Trinajstić information content (AvgIpc) is 3.17. The van der Waals surface area contributed by atoms with Crippen LogP contribution < -0.4 is 0 Å². The maximum Gasteiger partial charge on any atom is 0.303 e. The minimum Gasteiger partial charge on any atom is -0.462 e. The Morgan fingerprint density at radius 2 is 1.77 bits per heavy atom. The summed E-state index contributed by atoms with van der Waals surface area (Å²) in [5.41, 5.74) is 0.0429. The topological polar surface area (TPSA) is 88.1 Å². The Balaban J connectivity index is 1.46. The lowest BCUT2D eigenvalue weighted by Gasteiger charge is -2.59. The minimum atomic E-state index is -1.10. The van der Waals surface area contributed by atoms with Crippen LogP contribution in [0.3, 0.4) is 0 Å². The number of ether oxygens (including phenoxy) is 4. The maximum atomic E-state index is 13.7. The first kappa shape index (κ1) is 24.9. The number of carbonyl (C=O) groups excluding carboxylic acids is 3. The van der Waals surface area contributed by atoms with E-state index in [9.17, 15) is 14.4 Å². The molecule has 4 aliphatic carbocycles. The molecule has 0 bridgehead atoms. The summed E-state index contributed by atoms with van der Waals surface area (Å²) in [6, 6.07) is 0. The normalized spacial score (nSPS) is 45.3. The summed E-state index contributed by atoms with van der Waals surface area (Å²) in [7, 11) is 0. The second-order valence-corrected chi connectivity index (χ2v) is 12.5. The molecule has 7 nitrogen and oxygen atoms in total. The van der Waals surface area contributed by atoms with Gasteiger partial charge in [0.25, 0.3) is 0 Å². The molecule has 7 heteroatoms. The number of esters is 2. The van der Waals surface area contributed by atoms with E-state index in [0.29, 0.717) is 11.8 Å². The fourth-order valence-electron chi connectivity index (χ4n) is 8.84. The van der Waals surface area contributed by atoms with E-state index in [1.54, 1.807) is 0 Å². The minimum absolute atomic E-state index is 0.0192. The standard InChI is InChI=1S/C28H40O7/c1-16(29)32-15-23(31)28-24(34-25(3,4)35-28)14-22-20-8-7-18-13-19(33-17(2)30)9-11-26(18,5)21(20)10-12-27(22,28)6/h7,19-22,24H,8-15H2,1-6H3/t19-,20+,21-,22+,24+,26-,27-,28+/m0/s1. The molecule has 0 aromatic heterocycles. The second-order valence-electron chi connectivity index (χ2n) is 12.5. The molecule has 0 N–H and O–H groups in total. The molecule has 0 radical (unpaired) electrons. The molecule has 0 aromatic rings. The van der Waals surface area contributed by atoms with Gasteiger partial charge in [-0.2, -0.15) is 0 Å². The summed E-state index contributed by atoms with van der Waals surface area (Å²) in [6.45, 7) is 10.9. The summed E-state index contributed by atoms with van der Waals surface area (Å²) < 4.78 is 23.7. The highest BCUT2D eigenvalue weighted by molar-refractivity contribution is 5.92. The summed E-state index contributed by atoms with van der Waals surface area (Å²) in [4.78, 5) is 36.8. The van der Waals surface area contributed by atoms with Crippen LogP contribution in [0.1, 0.15) is 86.5 Å². The molecular weight excluding hydrogens is 448 g/mol. The van der Waals surface area contributed by atoms with Gasteiger partial charge < -0.3 is 18.9 Å². The van der Waals surface area contributed by atoms with Crippen LogP contribution in [0.2, 0.25) is 0 Å². The molecule has 8 atom stereocenters. The van der Waals surface area contributed by atoms with E-state index in [4.69, 9.17) is 18.9 Å². The monoisotopic (exact) mass is 488 g/mol. The SMILES string of the molecule is CC(=O)OCC(=O)[C@@]12OC(C)(C)O[C@@H]1C[C@@H]1[C@@H]3CC=C4C[C@@H](OC(C)=O)CC[C@]4(C)[C@H]3CC[C@@]12C. The second kappa shape index (κ2) is 8.14. The average molecular weight is 489 g/mol. The zero-order chi connectivity index (χ0) is 25.4. The lowest BCUT2D eigenvalue weighted by Crippen LogP contribution is -2.61. The molecule has 0 aromatic carbocycles. The van der Waals surface area contributed by atoms with Crippen molar-refractivity contribution in [2.24, 2.45) is 28.6 Å². The Labute approximate surface area is 208 Å². The number of allylic oxidation sites excluding steroid dienone is 1. The van der Waals surface area contributed by atoms with Gasteiger partial charge in [0.15, 0.2) is 18.0 Å². The highest BCUT2D eigenvalue weighted by atomic mass is 16.8. The molecule has 5 aliphatic rings. The fraction of sp³-hybridized carbons (Fsp3) is 0.821. The first-order chi connectivity index (χ1) is 16.3. The van der Waals surface area contributed by atoms with Crippen molar-refractivity contribution in [1.82, 2.24) is 0 Å². The van der Waals surface area contributed by atoms with Gasteiger partial charge in [-0.05, 0) is 75.5 Å². The molecule has 35 heavy (non-hydrogen) atoms. The van der Waals surface area contributed by atoms with E-state index in [1.807, 2.05) is 13.8 Å². The maximum absolute atomic E-state index is 13.7. The van der Waals surface area contributed by atoms with Crippen LogP contribution in [-0.2, 0) is 33.3 Å². The van der Waals surface area contributed by atoms with E-state index in [2.05, 4.69) is 19.9 Å². The van der Waals surface area contributed by atoms with Gasteiger partial charge in [0.2, 0.25) is 5.78 Å². The van der Waals surface area contributed by atoms with Crippen LogP contribution in [0.4, 0.5) is 0 Å². The van der Waals surface area contributed by atoms with E-state index >= 15 is 0 Å². The third-order valence-electron chi connectivity index (χ3n) is 10.2. The Hall–Kier alpha value is -1.73. The van der Waals surface area contributed by atoms with Crippen molar-refractivity contribution in [3.8, 4) is 0 Å². The molecular formula is C28H40O7. The molecule has 1 saturated heterocycles. The molecule has 1 heterocycles. The van der Waals surface area contributed by atoms with Gasteiger partial charge in [0.05, 0.1) is 6.10 Å². The van der Waals surface area contributed by atoms with Crippen LogP contribution in [0.25, 0.3) is 0 Å². The zero-order valence-corrected chi connectivity index (χ0v) is 22.0. The summed E-state index contributed by atoms with van der Waals surface area (Å²) in [5.74, 6) is -0.461. The van der Waals surface area contributed by atoms with Crippen LogP contribution in [0.5, 0.6) is 0 Å². The Morgan fingerprint density at radius 3 is 2.46 bits per heavy atom. The lowest BCUT2D eigenvalue weighted by molar-refractivity contribution is -0.215. The number of carbonyl (C=O) groups is 3. The zero-order valence-electron chi connectivity index (χ0n) is 22.0. The largest absolute Gasteiger partial charge is 0.462 e. The fourth-order valence-corrected chi connectivity index (χ4v) is 8.84. The summed E-state index contributed by atoms with van der Waals surface area (Å²) in [5, 5.41) is 0. The van der Waals surface area contributed by atoms with Gasteiger partial charge in [-0.15, -0.1) is 0 Å². The lowest BCUT2D eigenvalue weighted by atomic mass is 9.46. The smallest absolute Gasteiger partial charge is 0.303 e. The molecule has 4 fully saturated rings. The van der Waals surface area contributed by atoms with Gasteiger partial charge >= 0.3 is 11.9 Å². The molecule has 0 spiro atoms. The molecule has 3 saturated carbocycles. The third kappa shape index (κ3) is 3.63. The first-order valence-corrected chi connectivity index (χ1v) is 13.2. The Kier molecular flexibility index (Phi) is 5.80. The summed E-state index contributed by atoms with van der Waals surface area (Å²) >= 11 is 0. The van der Waals surface area contributed by atoms with Crippen molar-refractivity contribution in [3.05, 3.63) is 11.6 Å². The van der Waals surface area contributed by atoms with Crippen molar-refractivity contribution in [3.63, 3.8) is 0 Å². The number of ketones is 1. The molecule has 0 amide bonds. The van der Waals surface area contributed by atoms with Crippen molar-refractivity contribution in [2.75, 3.05) is 6.61 Å². The van der Waals surface area contributed by atoms with Gasteiger partial charge in [-0.1, -0.05) is 25.5 Å². The van der Waals surface area contributed by atoms with Crippen LogP contribution in [-0.4, -0.2) is 47.9 Å². The highest BCUT2D eigenvalue weighted by Gasteiger charge is 2.75. The number of rotatable bonds is 4. The summed E-state index contributed by atoms with van der Waals surface area (Å²) in [6.07, 6.45) is 8.41. The third-order valence-corrected chi connectivity index (χ3v) is 10.2. The van der Waals surface area contributed by atoms with Gasteiger partial charge in [-0.25, -0.2) is 0 Å². The number of Topliss-reactive ketones (excluding diaryl/α,β-unsaturated/α-hetero) is 1. The molecule has 5 rings (SSSR count). The van der Waals surface area contributed by atoms with E-state index in [0.717, 1.165) is 44.9 Å². The van der Waals surface area contributed by atoms with E-state index in [-0.39, 0.29) is 47.3 Å². The van der Waals surface area contributed by atoms with E-state index < -0.39 is 17.4 Å². The van der Waals surface area contributed by atoms with Gasteiger partial charge in [-0.3, -0.25) is 14.4 Å². The van der Waals surface area contributed by atoms with Crippen LogP contribution >= 0.6 is 0 Å². The van der Waals surface area contributed by atoms with E-state index in [1.165, 1.54) is 19.4 Å². The van der Waals surface area contributed by atoms with Gasteiger partial charge in [0.1, 0.15) is 6.10 Å². The predicted octanol–water partition coefficient (Wildman–Crippen LogP) is 4.51. The Morgan fingerprint density at radius 1 is 1.03 bits per heavy atom. The number of fused-ring (bicyclic) bond motifs is 7. The van der Waals surface area contributed by atoms with Crippen molar-refractivity contribution in [1.29, 1.82) is 0 Å². The molecule has 0 unspecified atom stereocenters. The van der Waals surface area contributed by atoms with Gasteiger partial charge in [0, 0.05) is 25.7 Å². The highest BCUT2D eigenvalue weighted by Crippen LogP contribution is 2.70. The number of hydrogen-bond acceptors (Lipinski definition) is 7. The van der Waals surface area contributed by atoms with Crippen LogP contribution in [0.15, 0.2) is 11.6 Å². The van der Waals surface area contributed by atoms with Crippen molar-refractivity contribution < 1.29 is 33.3 Å². The number of hydrogen-bond donors (Lipinski definition) is 0. The Bertz CT molecular complexity index is 968. The van der Waals surface area contributed by atoms with Crippen molar-refractivity contribution >= 4 is 17.7 Å². The first-order valence-electron chi connectivity index (χ1n) is 13.2. The molecule has 194 valence electrons. The quantitative estimate of drug-likeness (QED) is 0.425. The van der Waals surface area contributed by atoms with Crippen LogP contribution in [0, 0.1) is 28.6 Å². The predicted molar refractivity (Wildman–Crippen MR) is 127 cm³/mol.